The number of hydrogen-bond acceptors (Lipinski definition) is 6. The Labute approximate surface area is 155 Å². The molecule has 3 heterocycles. The van der Waals surface area contributed by atoms with Crippen LogP contribution < -0.4 is 10.6 Å². The third-order valence-electron chi connectivity index (χ3n) is 6.52. The first-order valence-corrected chi connectivity index (χ1v) is 9.81. The number of carbonyl (C=O) groups excluding carboxylic acids is 1. The standard InChI is InChI=1S/C19H30N6O/c1-20-18-22-7-14(8-23-18)10-24(2)17(26)19-12-21-9-15(19)11-25(13-19)16-5-3-4-6-16/h7-8,15-16,21H,3-6,9-13H2,1-2H3,(H,20,22,23)/t15-,19-/m1/s1. The summed E-state index contributed by atoms with van der Waals surface area (Å²) in [4.78, 5) is 26.4. The number of carbonyl (C=O) groups is 1. The van der Waals surface area contributed by atoms with Gasteiger partial charge in [0.15, 0.2) is 0 Å². The minimum Gasteiger partial charge on any atom is -0.357 e. The van der Waals surface area contributed by atoms with Gasteiger partial charge < -0.3 is 15.5 Å². The van der Waals surface area contributed by atoms with Crippen molar-refractivity contribution in [1.82, 2.24) is 25.1 Å². The van der Waals surface area contributed by atoms with Gasteiger partial charge in [-0.1, -0.05) is 12.8 Å². The molecule has 0 spiro atoms. The van der Waals surface area contributed by atoms with Gasteiger partial charge in [0.1, 0.15) is 0 Å². The van der Waals surface area contributed by atoms with Gasteiger partial charge in [0.2, 0.25) is 11.9 Å². The molecule has 2 saturated heterocycles. The minimum atomic E-state index is -0.261. The largest absolute Gasteiger partial charge is 0.357 e. The van der Waals surface area contributed by atoms with Crippen molar-refractivity contribution in [1.29, 1.82) is 0 Å². The van der Waals surface area contributed by atoms with E-state index in [-0.39, 0.29) is 11.3 Å². The van der Waals surface area contributed by atoms with E-state index in [1.54, 1.807) is 19.4 Å². The Morgan fingerprint density at radius 1 is 1.38 bits per heavy atom. The maximum absolute atomic E-state index is 13.4. The van der Waals surface area contributed by atoms with Crippen LogP contribution in [0.25, 0.3) is 0 Å². The van der Waals surface area contributed by atoms with Crippen molar-refractivity contribution in [2.24, 2.45) is 11.3 Å². The van der Waals surface area contributed by atoms with E-state index >= 15 is 0 Å². The molecular weight excluding hydrogens is 328 g/mol. The van der Waals surface area contributed by atoms with Crippen LogP contribution in [0.5, 0.6) is 0 Å². The van der Waals surface area contributed by atoms with Crippen molar-refractivity contribution >= 4 is 11.9 Å². The first-order chi connectivity index (χ1) is 12.6. The number of rotatable bonds is 5. The molecule has 26 heavy (non-hydrogen) atoms. The fourth-order valence-electron chi connectivity index (χ4n) is 5.10. The lowest BCUT2D eigenvalue weighted by molar-refractivity contribution is -0.141. The van der Waals surface area contributed by atoms with Crippen molar-refractivity contribution < 1.29 is 4.79 Å². The molecule has 7 nitrogen and oxygen atoms in total. The second kappa shape index (κ2) is 7.12. The van der Waals surface area contributed by atoms with E-state index in [4.69, 9.17) is 0 Å². The first kappa shape index (κ1) is 17.7. The highest BCUT2D eigenvalue weighted by Gasteiger charge is 2.56. The summed E-state index contributed by atoms with van der Waals surface area (Å²) in [5.41, 5.74) is 0.702. The number of amides is 1. The number of fused-ring (bicyclic) bond motifs is 1. The fourth-order valence-corrected chi connectivity index (χ4v) is 5.10. The third kappa shape index (κ3) is 3.07. The smallest absolute Gasteiger partial charge is 0.231 e. The van der Waals surface area contributed by atoms with E-state index in [0.717, 1.165) is 31.7 Å². The summed E-state index contributed by atoms with van der Waals surface area (Å²) in [5.74, 6) is 1.30. The maximum Gasteiger partial charge on any atom is 0.231 e. The normalized spacial score (nSPS) is 29.1. The quantitative estimate of drug-likeness (QED) is 0.816. The van der Waals surface area contributed by atoms with Gasteiger partial charge in [0, 0.05) is 76.7 Å². The predicted molar refractivity (Wildman–Crippen MR) is 101 cm³/mol. The Hall–Kier alpha value is -1.73. The van der Waals surface area contributed by atoms with Gasteiger partial charge in [0.25, 0.3) is 0 Å². The lowest BCUT2D eigenvalue weighted by Gasteiger charge is -2.32. The molecule has 1 aromatic rings. The van der Waals surface area contributed by atoms with Crippen LogP contribution in [0.4, 0.5) is 5.95 Å². The number of nitrogens with one attached hydrogen (secondary N) is 2. The first-order valence-electron chi connectivity index (χ1n) is 9.81. The molecule has 1 amide bonds. The van der Waals surface area contributed by atoms with E-state index < -0.39 is 0 Å². The monoisotopic (exact) mass is 358 g/mol. The molecule has 7 heteroatoms. The molecule has 142 valence electrons. The molecule has 0 unspecified atom stereocenters. The predicted octanol–water partition coefficient (Wildman–Crippen LogP) is 0.941. The molecule has 2 N–H and O–H groups in total. The molecule has 0 aromatic carbocycles. The van der Waals surface area contributed by atoms with Gasteiger partial charge in [-0.25, -0.2) is 9.97 Å². The molecule has 2 atom stereocenters. The Bertz CT molecular complexity index is 644. The van der Waals surface area contributed by atoms with E-state index in [2.05, 4.69) is 25.5 Å². The van der Waals surface area contributed by atoms with Crippen molar-refractivity contribution in [2.45, 2.75) is 38.3 Å². The summed E-state index contributed by atoms with van der Waals surface area (Å²) in [5, 5.41) is 6.40. The van der Waals surface area contributed by atoms with Gasteiger partial charge in [-0.05, 0) is 12.8 Å². The third-order valence-corrected chi connectivity index (χ3v) is 6.52. The van der Waals surface area contributed by atoms with E-state index in [0.29, 0.717) is 24.5 Å². The van der Waals surface area contributed by atoms with Crippen LogP contribution in [-0.4, -0.2) is 72.0 Å². The van der Waals surface area contributed by atoms with Crippen molar-refractivity contribution in [2.75, 3.05) is 45.6 Å². The van der Waals surface area contributed by atoms with E-state index in [9.17, 15) is 4.79 Å². The molecule has 1 saturated carbocycles. The lowest BCUT2D eigenvalue weighted by Crippen LogP contribution is -2.48. The summed E-state index contributed by atoms with van der Waals surface area (Å²) in [7, 11) is 3.71. The van der Waals surface area contributed by atoms with Gasteiger partial charge in [0.05, 0.1) is 5.41 Å². The zero-order valence-electron chi connectivity index (χ0n) is 15.9. The molecule has 0 bridgehead atoms. The summed E-state index contributed by atoms with van der Waals surface area (Å²) in [6, 6.07) is 0.693. The zero-order valence-corrected chi connectivity index (χ0v) is 15.9. The molecule has 2 aliphatic heterocycles. The SMILES string of the molecule is CNc1ncc(CN(C)C(=O)[C@@]23CNC[C@@H]2CN(C2CCCC2)C3)cn1. The van der Waals surface area contributed by atoms with Gasteiger partial charge in [-0.3, -0.25) is 9.69 Å². The summed E-state index contributed by atoms with van der Waals surface area (Å²) in [6.07, 6.45) is 8.88. The number of anilines is 1. The minimum absolute atomic E-state index is 0.261. The summed E-state index contributed by atoms with van der Waals surface area (Å²) < 4.78 is 0. The Balaban J connectivity index is 1.46. The van der Waals surface area contributed by atoms with Crippen LogP contribution in [0.1, 0.15) is 31.2 Å². The van der Waals surface area contributed by atoms with Gasteiger partial charge in [-0.2, -0.15) is 0 Å². The number of hydrogen-bond donors (Lipinski definition) is 2. The van der Waals surface area contributed by atoms with Crippen molar-refractivity contribution in [3.05, 3.63) is 18.0 Å². The Morgan fingerprint density at radius 3 is 2.81 bits per heavy atom. The molecule has 3 aliphatic rings. The number of nitrogens with zero attached hydrogens (tertiary/aromatic N) is 4. The summed E-state index contributed by atoms with van der Waals surface area (Å²) in [6.45, 7) is 4.30. The average molecular weight is 358 g/mol. The maximum atomic E-state index is 13.4. The van der Waals surface area contributed by atoms with Crippen molar-refractivity contribution in [3.63, 3.8) is 0 Å². The fraction of sp³-hybridized carbons (Fsp3) is 0.737. The molecule has 1 aromatic heterocycles. The highest BCUT2D eigenvalue weighted by Crippen LogP contribution is 2.43. The summed E-state index contributed by atoms with van der Waals surface area (Å²) >= 11 is 0. The number of likely N-dealkylation sites (tertiary alicyclic amines) is 1. The van der Waals surface area contributed by atoms with Crippen LogP contribution in [0, 0.1) is 11.3 Å². The van der Waals surface area contributed by atoms with E-state index in [1.807, 2.05) is 11.9 Å². The Morgan fingerprint density at radius 2 is 2.12 bits per heavy atom. The van der Waals surface area contributed by atoms with E-state index in [1.165, 1.54) is 25.7 Å². The van der Waals surface area contributed by atoms with Crippen LogP contribution in [0.2, 0.25) is 0 Å². The van der Waals surface area contributed by atoms with Crippen molar-refractivity contribution in [3.8, 4) is 0 Å². The molecule has 0 radical (unpaired) electrons. The van der Waals surface area contributed by atoms with Crippen LogP contribution in [-0.2, 0) is 11.3 Å². The highest BCUT2D eigenvalue weighted by atomic mass is 16.2. The van der Waals surface area contributed by atoms with Crippen LogP contribution in [0.15, 0.2) is 12.4 Å². The highest BCUT2D eigenvalue weighted by molar-refractivity contribution is 5.84. The zero-order chi connectivity index (χ0) is 18.1. The molecule has 3 fully saturated rings. The second-order valence-electron chi connectivity index (χ2n) is 8.18. The van der Waals surface area contributed by atoms with Gasteiger partial charge in [-0.15, -0.1) is 0 Å². The lowest BCUT2D eigenvalue weighted by atomic mass is 9.79. The van der Waals surface area contributed by atoms with Gasteiger partial charge >= 0.3 is 0 Å². The topological polar surface area (TPSA) is 73.4 Å². The molecule has 1 aliphatic carbocycles. The second-order valence-corrected chi connectivity index (χ2v) is 8.18. The Kier molecular flexibility index (Phi) is 4.84. The number of aromatic nitrogens is 2. The molecule has 4 rings (SSSR count). The average Bonchev–Trinajstić information content (AvgIpc) is 3.37. The molecular formula is C19H30N6O. The van der Waals surface area contributed by atoms with Crippen LogP contribution in [0.3, 0.4) is 0 Å². The van der Waals surface area contributed by atoms with Crippen LogP contribution >= 0.6 is 0 Å².